The molecule has 0 atom stereocenters. The zero-order valence-corrected chi connectivity index (χ0v) is 15.5. The minimum Gasteiger partial charge on any atom is -0.481 e. The van der Waals surface area contributed by atoms with Gasteiger partial charge in [-0.1, -0.05) is 23.5 Å². The minimum atomic E-state index is -4.56. The summed E-state index contributed by atoms with van der Waals surface area (Å²) in [4.78, 5) is 33.6. The first-order valence-electron chi connectivity index (χ1n) is 7.39. The number of primary amides is 1. The normalized spacial score (nSPS) is 10.5. The number of hydrogen-bond acceptors (Lipinski definition) is 6. The lowest BCUT2D eigenvalue weighted by molar-refractivity contribution is -0.138. The predicted octanol–water partition coefficient (Wildman–Crippen LogP) is 2.06. The van der Waals surface area contributed by atoms with E-state index in [2.05, 4.69) is 21.2 Å². The van der Waals surface area contributed by atoms with E-state index < -0.39 is 28.1 Å². The van der Waals surface area contributed by atoms with Crippen LogP contribution in [-0.4, -0.2) is 52.2 Å². The number of aromatic nitrogens is 2. The summed E-state index contributed by atoms with van der Waals surface area (Å²) >= 11 is 0.126. The summed E-state index contributed by atoms with van der Waals surface area (Å²) < 4.78 is 35.5. The molecule has 1 aromatic heterocycles. The molecular formula is C15H16F3N5O4S. The topological polar surface area (TPSA) is 139 Å². The fourth-order valence-electron chi connectivity index (χ4n) is 1.61. The number of carbonyl (C=O) groups excluding carboxylic acids is 2. The van der Waals surface area contributed by atoms with Gasteiger partial charge in [0, 0.05) is 19.8 Å². The lowest BCUT2D eigenvalue weighted by Gasteiger charge is -2.12. The van der Waals surface area contributed by atoms with Crippen molar-refractivity contribution >= 4 is 34.9 Å². The van der Waals surface area contributed by atoms with E-state index in [4.69, 9.17) is 5.11 Å². The molecule has 9 nitrogen and oxygen atoms in total. The third-order valence-corrected chi connectivity index (χ3v) is 3.80. The molecular weight excluding hydrogens is 403 g/mol. The Labute approximate surface area is 161 Å². The van der Waals surface area contributed by atoms with Crippen LogP contribution < -0.4 is 11.1 Å². The number of benzene rings is 1. The van der Waals surface area contributed by atoms with Crippen LogP contribution in [0, 0.1) is 0 Å². The SMILES string of the molecule is CN(C)C(=O)Nc1cccc(CC(=O)O)c1.NC(=O)c1nnc(C(F)(F)F)s1. The van der Waals surface area contributed by atoms with Crippen molar-refractivity contribution in [2.45, 2.75) is 12.6 Å². The highest BCUT2D eigenvalue weighted by Crippen LogP contribution is 2.31. The Bertz CT molecular complexity index is 854. The molecule has 0 aliphatic heterocycles. The van der Waals surface area contributed by atoms with Crippen LogP contribution in [0.25, 0.3) is 0 Å². The number of nitrogens with one attached hydrogen (secondary N) is 1. The van der Waals surface area contributed by atoms with Gasteiger partial charge in [0.1, 0.15) is 0 Å². The quantitative estimate of drug-likeness (QED) is 0.693. The Kier molecular flexibility index (Phi) is 7.86. The predicted molar refractivity (Wildman–Crippen MR) is 93.9 cm³/mol. The van der Waals surface area contributed by atoms with Gasteiger partial charge in [0.05, 0.1) is 6.42 Å². The average Bonchev–Trinajstić information content (AvgIpc) is 3.05. The number of amides is 3. The van der Waals surface area contributed by atoms with Crippen molar-refractivity contribution in [3.05, 3.63) is 39.8 Å². The summed E-state index contributed by atoms with van der Waals surface area (Å²) in [5, 5.41) is 15.4. The molecule has 0 fully saturated rings. The number of aliphatic carboxylic acids is 1. The minimum absolute atomic E-state index is 0.0499. The maximum Gasteiger partial charge on any atom is 0.445 e. The van der Waals surface area contributed by atoms with E-state index in [1.807, 2.05) is 0 Å². The second kappa shape index (κ2) is 9.64. The molecule has 3 amide bonds. The van der Waals surface area contributed by atoms with Crippen LogP contribution >= 0.6 is 11.3 Å². The molecule has 13 heteroatoms. The first-order valence-corrected chi connectivity index (χ1v) is 8.21. The van der Waals surface area contributed by atoms with Crippen LogP contribution in [0.2, 0.25) is 0 Å². The van der Waals surface area contributed by atoms with Gasteiger partial charge in [-0.2, -0.15) is 13.2 Å². The average molecular weight is 419 g/mol. The molecule has 0 radical (unpaired) electrons. The molecule has 28 heavy (non-hydrogen) atoms. The van der Waals surface area contributed by atoms with Crippen molar-refractivity contribution in [3.8, 4) is 0 Å². The molecule has 0 aliphatic rings. The second-order valence-corrected chi connectivity index (χ2v) is 6.35. The summed E-state index contributed by atoms with van der Waals surface area (Å²) in [5.74, 6) is -1.90. The van der Waals surface area contributed by atoms with E-state index in [1.165, 1.54) is 4.90 Å². The third kappa shape index (κ3) is 7.57. The van der Waals surface area contributed by atoms with Crippen LogP contribution in [0.4, 0.5) is 23.7 Å². The highest BCUT2D eigenvalue weighted by atomic mass is 32.1. The van der Waals surface area contributed by atoms with Crippen LogP contribution in [0.3, 0.4) is 0 Å². The van der Waals surface area contributed by atoms with Gasteiger partial charge in [-0.25, -0.2) is 4.79 Å². The van der Waals surface area contributed by atoms with Crippen molar-refractivity contribution in [2.75, 3.05) is 19.4 Å². The number of carboxylic acids is 1. The first-order chi connectivity index (χ1) is 12.9. The molecule has 4 N–H and O–H groups in total. The van der Waals surface area contributed by atoms with Gasteiger partial charge in [0.2, 0.25) is 10.0 Å². The maximum atomic E-state index is 11.8. The molecule has 2 aromatic rings. The molecule has 2 rings (SSSR count). The Hall–Kier alpha value is -3.22. The maximum absolute atomic E-state index is 11.8. The Balaban J connectivity index is 0.000000292. The highest BCUT2D eigenvalue weighted by Gasteiger charge is 2.36. The standard InChI is InChI=1S/C11H14N2O3.C4H2F3N3OS/c1-13(2)11(16)12-9-5-3-4-8(6-9)7-10(14)15;5-4(6,7)3-10-9-2(12-3)1(8)11/h3-6H,7H2,1-2H3,(H,12,16)(H,14,15);(H2,8,11). The third-order valence-electron chi connectivity index (χ3n) is 2.82. The first kappa shape index (κ1) is 22.8. The number of rotatable bonds is 4. The monoisotopic (exact) mass is 419 g/mol. The molecule has 0 bridgehead atoms. The van der Waals surface area contributed by atoms with Crippen molar-refractivity contribution in [3.63, 3.8) is 0 Å². The lowest BCUT2D eigenvalue weighted by atomic mass is 10.1. The number of halogens is 3. The van der Waals surface area contributed by atoms with Crippen LogP contribution in [0.1, 0.15) is 20.4 Å². The largest absolute Gasteiger partial charge is 0.481 e. The summed E-state index contributed by atoms with van der Waals surface area (Å²) in [6.07, 6.45) is -4.61. The number of hydrogen-bond donors (Lipinski definition) is 3. The van der Waals surface area contributed by atoms with Gasteiger partial charge in [-0.15, -0.1) is 10.2 Å². The molecule has 1 heterocycles. The number of urea groups is 1. The van der Waals surface area contributed by atoms with Gasteiger partial charge in [0.25, 0.3) is 5.91 Å². The number of alkyl halides is 3. The fourth-order valence-corrected chi connectivity index (χ4v) is 2.17. The zero-order valence-electron chi connectivity index (χ0n) is 14.6. The van der Waals surface area contributed by atoms with Gasteiger partial charge >= 0.3 is 18.2 Å². The van der Waals surface area contributed by atoms with Crippen molar-refractivity contribution in [2.24, 2.45) is 5.73 Å². The van der Waals surface area contributed by atoms with Gasteiger partial charge in [-0.3, -0.25) is 9.59 Å². The Morgan fingerprint density at radius 1 is 1.25 bits per heavy atom. The van der Waals surface area contributed by atoms with Crippen LogP contribution in [0.15, 0.2) is 24.3 Å². The molecule has 0 saturated heterocycles. The number of carboxylic acid groups (broad SMARTS) is 1. The van der Waals surface area contributed by atoms with Gasteiger partial charge in [0.15, 0.2) is 0 Å². The van der Waals surface area contributed by atoms with E-state index in [-0.39, 0.29) is 23.8 Å². The smallest absolute Gasteiger partial charge is 0.445 e. The summed E-state index contributed by atoms with van der Waals surface area (Å²) in [6.45, 7) is 0. The molecule has 0 spiro atoms. The van der Waals surface area contributed by atoms with Crippen molar-refractivity contribution < 1.29 is 32.7 Å². The lowest BCUT2D eigenvalue weighted by Crippen LogP contribution is -2.27. The van der Waals surface area contributed by atoms with Crippen LogP contribution in [-0.2, 0) is 17.4 Å². The van der Waals surface area contributed by atoms with E-state index in [0.717, 1.165) is 0 Å². The summed E-state index contributed by atoms with van der Waals surface area (Å²) in [5.41, 5.74) is 5.92. The highest BCUT2D eigenvalue weighted by molar-refractivity contribution is 7.13. The zero-order chi connectivity index (χ0) is 21.5. The van der Waals surface area contributed by atoms with E-state index in [1.54, 1.807) is 38.4 Å². The number of carbonyl (C=O) groups is 3. The Morgan fingerprint density at radius 2 is 1.89 bits per heavy atom. The molecule has 152 valence electrons. The number of nitrogens with two attached hydrogens (primary N) is 1. The number of nitrogens with zero attached hydrogens (tertiary/aromatic N) is 3. The van der Waals surface area contributed by atoms with E-state index in [0.29, 0.717) is 11.3 Å². The van der Waals surface area contributed by atoms with Crippen molar-refractivity contribution in [1.29, 1.82) is 0 Å². The second-order valence-electron chi connectivity index (χ2n) is 5.37. The molecule has 0 saturated carbocycles. The Morgan fingerprint density at radius 3 is 2.32 bits per heavy atom. The molecule has 1 aromatic carbocycles. The van der Waals surface area contributed by atoms with E-state index in [9.17, 15) is 27.6 Å². The summed E-state index contributed by atoms with van der Waals surface area (Å²) in [7, 11) is 3.27. The molecule has 0 aliphatic carbocycles. The van der Waals surface area contributed by atoms with Crippen molar-refractivity contribution in [1.82, 2.24) is 15.1 Å². The van der Waals surface area contributed by atoms with Gasteiger partial charge < -0.3 is 21.1 Å². The van der Waals surface area contributed by atoms with E-state index >= 15 is 0 Å². The van der Waals surface area contributed by atoms with Crippen LogP contribution in [0.5, 0.6) is 0 Å². The summed E-state index contributed by atoms with van der Waals surface area (Å²) in [6, 6.07) is 6.54. The van der Waals surface area contributed by atoms with Gasteiger partial charge in [-0.05, 0) is 17.7 Å². The molecule has 0 unspecified atom stereocenters. The fraction of sp³-hybridized carbons (Fsp3) is 0.267. The number of anilines is 1.